The van der Waals surface area contributed by atoms with Crippen molar-refractivity contribution in [3.63, 3.8) is 0 Å². The molecule has 0 spiro atoms. The summed E-state index contributed by atoms with van der Waals surface area (Å²) < 4.78 is 5.94. The first-order valence-electron chi connectivity index (χ1n) is 6.69. The van der Waals surface area contributed by atoms with Crippen molar-refractivity contribution in [3.05, 3.63) is 11.4 Å². The van der Waals surface area contributed by atoms with Crippen molar-refractivity contribution in [1.29, 1.82) is 0 Å². The second-order valence-electron chi connectivity index (χ2n) is 6.29. The van der Waals surface area contributed by atoms with Gasteiger partial charge in [0, 0.05) is 5.41 Å². The first kappa shape index (κ1) is 15.7. The molecule has 1 rings (SSSR count). The Balaban J connectivity index is 3.22. The summed E-state index contributed by atoms with van der Waals surface area (Å²) in [6.45, 7) is 14.4. The number of nitrogens with one attached hydrogen (secondary N) is 1. The molecule has 108 valence electrons. The van der Waals surface area contributed by atoms with Crippen molar-refractivity contribution in [2.45, 2.75) is 60.0 Å². The van der Waals surface area contributed by atoms with E-state index in [9.17, 15) is 0 Å². The fourth-order valence-electron chi connectivity index (χ4n) is 1.40. The molecule has 1 atom stereocenters. The van der Waals surface area contributed by atoms with Crippen LogP contribution in [0.1, 0.15) is 52.9 Å². The van der Waals surface area contributed by atoms with Crippen LogP contribution in [0.4, 0.5) is 5.82 Å². The fraction of sp³-hybridized carbons (Fsp3) is 0.714. The summed E-state index contributed by atoms with van der Waals surface area (Å²) in [5, 5.41) is 0. The minimum atomic E-state index is -0.154. The van der Waals surface area contributed by atoms with E-state index in [1.807, 2.05) is 13.8 Å². The Kier molecular flexibility index (Phi) is 4.74. The van der Waals surface area contributed by atoms with Gasteiger partial charge in [0.05, 0.1) is 11.7 Å². The first-order valence-corrected chi connectivity index (χ1v) is 6.69. The quantitative estimate of drug-likeness (QED) is 0.647. The van der Waals surface area contributed by atoms with Gasteiger partial charge in [-0.2, -0.15) is 4.98 Å². The molecule has 0 saturated heterocycles. The number of rotatable bonds is 4. The maximum absolute atomic E-state index is 5.94. The van der Waals surface area contributed by atoms with E-state index >= 15 is 0 Å². The van der Waals surface area contributed by atoms with Crippen molar-refractivity contribution in [1.82, 2.24) is 9.97 Å². The average Bonchev–Trinajstić information content (AvgIpc) is 2.29. The number of hydrogen-bond acceptors (Lipinski definition) is 5. The smallest absolute Gasteiger partial charge is 0.222 e. The molecule has 0 fully saturated rings. The van der Waals surface area contributed by atoms with E-state index in [4.69, 9.17) is 10.6 Å². The Bertz CT molecular complexity index is 438. The summed E-state index contributed by atoms with van der Waals surface area (Å²) in [5.41, 5.74) is 3.30. The van der Waals surface area contributed by atoms with Gasteiger partial charge in [0.15, 0.2) is 5.82 Å². The number of nitrogen functional groups attached to an aromatic ring is 1. The van der Waals surface area contributed by atoms with Crippen molar-refractivity contribution in [3.8, 4) is 5.88 Å². The lowest BCUT2D eigenvalue weighted by molar-refractivity contribution is 0.161. The van der Waals surface area contributed by atoms with Crippen molar-refractivity contribution >= 4 is 5.82 Å². The van der Waals surface area contributed by atoms with Crippen molar-refractivity contribution in [2.75, 3.05) is 5.43 Å². The largest absolute Gasteiger partial charge is 0.474 e. The number of aromatic nitrogens is 2. The number of nitrogens with two attached hydrogens (primary N) is 1. The molecule has 0 amide bonds. The highest BCUT2D eigenvalue weighted by atomic mass is 16.5. The molecule has 0 bridgehead atoms. The SMILES string of the molecule is Cc1c(NN)nc(C(C)(C)C)nc1OC(C)C(C)C. The van der Waals surface area contributed by atoms with E-state index in [0.29, 0.717) is 17.6 Å². The molecule has 0 aromatic carbocycles. The molecule has 1 aromatic heterocycles. The molecular weight excluding hydrogens is 240 g/mol. The third kappa shape index (κ3) is 3.80. The van der Waals surface area contributed by atoms with E-state index in [1.165, 1.54) is 0 Å². The van der Waals surface area contributed by atoms with Crippen LogP contribution in [0, 0.1) is 12.8 Å². The van der Waals surface area contributed by atoms with Crippen LogP contribution in [0.3, 0.4) is 0 Å². The molecule has 1 aromatic rings. The third-order valence-corrected chi connectivity index (χ3v) is 3.15. The summed E-state index contributed by atoms with van der Waals surface area (Å²) in [7, 11) is 0. The van der Waals surface area contributed by atoms with Crippen molar-refractivity contribution in [2.24, 2.45) is 11.8 Å². The van der Waals surface area contributed by atoms with Gasteiger partial charge < -0.3 is 10.2 Å². The van der Waals surface area contributed by atoms with Crippen LogP contribution >= 0.6 is 0 Å². The molecule has 5 nitrogen and oxygen atoms in total. The predicted octanol–water partition coefficient (Wildman–Crippen LogP) is 2.79. The lowest BCUT2D eigenvalue weighted by atomic mass is 9.95. The predicted molar refractivity (Wildman–Crippen MR) is 78.2 cm³/mol. The van der Waals surface area contributed by atoms with E-state index in [2.05, 4.69) is 50.0 Å². The Labute approximate surface area is 115 Å². The number of nitrogens with zero attached hydrogens (tertiary/aromatic N) is 2. The molecular formula is C14H26N4O. The monoisotopic (exact) mass is 266 g/mol. The molecule has 3 N–H and O–H groups in total. The van der Waals surface area contributed by atoms with Crippen LogP contribution in [0.25, 0.3) is 0 Å². The van der Waals surface area contributed by atoms with E-state index in [-0.39, 0.29) is 11.5 Å². The second-order valence-corrected chi connectivity index (χ2v) is 6.29. The molecule has 5 heteroatoms. The van der Waals surface area contributed by atoms with E-state index in [0.717, 1.165) is 11.4 Å². The summed E-state index contributed by atoms with van der Waals surface area (Å²) in [4.78, 5) is 8.99. The molecule has 19 heavy (non-hydrogen) atoms. The first-order chi connectivity index (χ1) is 8.66. The van der Waals surface area contributed by atoms with Gasteiger partial charge in [-0.1, -0.05) is 34.6 Å². The minimum absolute atomic E-state index is 0.0899. The van der Waals surface area contributed by atoms with Crippen LogP contribution in [-0.4, -0.2) is 16.1 Å². The summed E-state index contributed by atoms with van der Waals surface area (Å²) >= 11 is 0. The number of ether oxygens (including phenoxy) is 1. The second kappa shape index (κ2) is 5.74. The van der Waals surface area contributed by atoms with E-state index in [1.54, 1.807) is 0 Å². The molecule has 0 aliphatic heterocycles. The topological polar surface area (TPSA) is 73.1 Å². The zero-order valence-electron chi connectivity index (χ0n) is 13.0. The third-order valence-electron chi connectivity index (χ3n) is 3.15. The molecule has 0 radical (unpaired) electrons. The van der Waals surface area contributed by atoms with Crippen LogP contribution in [0.2, 0.25) is 0 Å². The Hall–Kier alpha value is -1.36. The highest BCUT2D eigenvalue weighted by molar-refractivity contribution is 5.48. The maximum Gasteiger partial charge on any atom is 0.222 e. The highest BCUT2D eigenvalue weighted by Gasteiger charge is 2.22. The summed E-state index contributed by atoms with van der Waals surface area (Å²) in [6.07, 6.45) is 0.0899. The molecule has 1 unspecified atom stereocenters. The highest BCUT2D eigenvalue weighted by Crippen LogP contribution is 2.28. The number of hydrazine groups is 1. The van der Waals surface area contributed by atoms with Crippen LogP contribution in [0.5, 0.6) is 5.88 Å². The molecule has 0 aliphatic rings. The van der Waals surface area contributed by atoms with Gasteiger partial charge in [-0.05, 0) is 19.8 Å². The average molecular weight is 266 g/mol. The van der Waals surface area contributed by atoms with Crippen molar-refractivity contribution < 1.29 is 4.74 Å². The molecule has 0 aliphatic carbocycles. The zero-order valence-corrected chi connectivity index (χ0v) is 13.0. The molecule has 0 saturated carbocycles. The molecule has 1 heterocycles. The van der Waals surface area contributed by atoms with Gasteiger partial charge in [-0.25, -0.2) is 10.8 Å². The van der Waals surface area contributed by atoms with Gasteiger partial charge in [-0.3, -0.25) is 0 Å². The zero-order chi connectivity index (χ0) is 14.8. The van der Waals surface area contributed by atoms with Gasteiger partial charge in [-0.15, -0.1) is 0 Å². The normalized spacial score (nSPS) is 13.5. The van der Waals surface area contributed by atoms with E-state index < -0.39 is 0 Å². The summed E-state index contributed by atoms with van der Waals surface area (Å²) in [6, 6.07) is 0. The van der Waals surface area contributed by atoms with Gasteiger partial charge in [0.1, 0.15) is 5.82 Å². The van der Waals surface area contributed by atoms with Crippen LogP contribution < -0.4 is 16.0 Å². The lowest BCUT2D eigenvalue weighted by Crippen LogP contribution is -2.24. The Morgan fingerprint density at radius 3 is 2.16 bits per heavy atom. The van der Waals surface area contributed by atoms with Crippen LogP contribution in [-0.2, 0) is 5.41 Å². The number of hydrogen-bond donors (Lipinski definition) is 2. The standard InChI is InChI=1S/C14H26N4O/c1-8(2)10(4)19-12-9(3)11(18-15)16-13(17-12)14(5,6)7/h8,10H,15H2,1-7H3,(H,16,17,18). The van der Waals surface area contributed by atoms with Crippen LogP contribution in [0.15, 0.2) is 0 Å². The number of anilines is 1. The van der Waals surface area contributed by atoms with Gasteiger partial charge in [0.25, 0.3) is 0 Å². The minimum Gasteiger partial charge on any atom is -0.474 e. The Morgan fingerprint density at radius 1 is 1.16 bits per heavy atom. The summed E-state index contributed by atoms with van der Waals surface area (Å²) in [5.74, 6) is 7.89. The van der Waals surface area contributed by atoms with Gasteiger partial charge in [0.2, 0.25) is 5.88 Å². The maximum atomic E-state index is 5.94. The lowest BCUT2D eigenvalue weighted by Gasteiger charge is -2.23. The van der Waals surface area contributed by atoms with Gasteiger partial charge >= 0.3 is 0 Å². The Morgan fingerprint density at radius 2 is 1.74 bits per heavy atom. The fourth-order valence-corrected chi connectivity index (χ4v) is 1.40.